The number of Topliss-reactive ketones (excluding diaryl/α,β-unsaturated/α-hetero) is 2. The molecule has 2 aliphatic carbocycles. The standard InChI is InChI=1S/C56H52N8O2/c1-53(2)37-17-13-15-19-41(37)61(9)45(53)21-33-49(31(27-57)28-58)35(51(33)65)23-47-55(5,6)39-25-44-40(26-43(39)63(47)11)56(7,8)48(64(44)12)24-36-50(32(29-59)30-60)34(52(36)66)22-46-54(3,4)38-18-14-16-20-42(38)62(46)10/h13-26,33-34H,1-12H3/q+2/b35-23-,36-24-,45-21-,46-22-. The molecule has 0 radical (unpaired) electrons. The van der Waals surface area contributed by atoms with Crippen LogP contribution in [0.4, 0.5) is 22.7 Å². The number of rotatable bonds is 4. The second kappa shape index (κ2) is 14.4. The normalized spacial score (nSPS) is 24.7. The smallest absolute Gasteiger partial charge is 0.210 e. The number of ketones is 2. The van der Waals surface area contributed by atoms with Gasteiger partial charge in [-0.1, -0.05) is 64.1 Å². The summed E-state index contributed by atoms with van der Waals surface area (Å²) in [5, 5.41) is 40.8. The molecule has 2 fully saturated rings. The van der Waals surface area contributed by atoms with Crippen LogP contribution >= 0.6 is 0 Å². The van der Waals surface area contributed by atoms with Gasteiger partial charge < -0.3 is 9.80 Å². The van der Waals surface area contributed by atoms with Gasteiger partial charge in [0.15, 0.2) is 23.0 Å². The molecule has 0 spiro atoms. The van der Waals surface area contributed by atoms with Crippen molar-refractivity contribution in [2.24, 2.45) is 11.8 Å². The zero-order chi connectivity index (χ0) is 47.7. The number of fused-ring (bicyclic) bond motifs is 4. The van der Waals surface area contributed by atoms with Crippen LogP contribution in [0.3, 0.4) is 0 Å². The number of nitriles is 4. The second-order valence-electron chi connectivity index (χ2n) is 20.4. The molecule has 2 atom stereocenters. The molecule has 6 aliphatic rings. The molecule has 4 heterocycles. The molecule has 0 saturated heterocycles. The topological polar surface area (TPSA) is 142 Å². The van der Waals surface area contributed by atoms with Gasteiger partial charge >= 0.3 is 0 Å². The van der Waals surface area contributed by atoms with Crippen LogP contribution in [0.5, 0.6) is 0 Å². The van der Waals surface area contributed by atoms with Crippen LogP contribution in [-0.2, 0) is 31.2 Å². The molecular weight excluding hydrogens is 817 g/mol. The quantitative estimate of drug-likeness (QED) is 0.144. The molecule has 0 amide bonds. The van der Waals surface area contributed by atoms with Crippen molar-refractivity contribution in [1.82, 2.24) is 0 Å². The predicted octanol–water partition coefficient (Wildman–Crippen LogP) is 9.26. The largest absolute Gasteiger partial charge is 0.347 e. The number of hydrogen-bond acceptors (Lipinski definition) is 8. The number of anilines is 2. The van der Waals surface area contributed by atoms with Crippen molar-refractivity contribution in [3.8, 4) is 24.3 Å². The average molecular weight is 869 g/mol. The summed E-state index contributed by atoms with van der Waals surface area (Å²) in [5.41, 5.74) is 11.5. The summed E-state index contributed by atoms with van der Waals surface area (Å²) in [6.07, 6.45) is 7.60. The van der Waals surface area contributed by atoms with Crippen LogP contribution in [0.1, 0.15) is 77.6 Å². The molecule has 3 aromatic rings. The van der Waals surface area contributed by atoms with Gasteiger partial charge in [0.05, 0.1) is 22.7 Å². The number of nitrogens with zero attached hydrogens (tertiary/aromatic N) is 8. The fraction of sp³-hybridized carbons (Fsp3) is 0.321. The van der Waals surface area contributed by atoms with E-state index in [-0.39, 0.29) is 22.7 Å². The lowest BCUT2D eigenvalue weighted by Crippen LogP contribution is -2.37. The highest BCUT2D eigenvalue weighted by molar-refractivity contribution is 6.20. The van der Waals surface area contributed by atoms with Crippen LogP contribution in [0.25, 0.3) is 0 Å². The maximum atomic E-state index is 14.3. The summed E-state index contributed by atoms with van der Waals surface area (Å²) in [6, 6.07) is 29.0. The molecule has 9 rings (SSSR count). The molecule has 2 saturated carbocycles. The van der Waals surface area contributed by atoms with E-state index in [0.29, 0.717) is 22.3 Å². The minimum absolute atomic E-state index is 0.0716. The third-order valence-electron chi connectivity index (χ3n) is 15.6. The highest BCUT2D eigenvalue weighted by Crippen LogP contribution is 2.53. The summed E-state index contributed by atoms with van der Waals surface area (Å²) in [5.74, 6) is -1.76. The molecule has 2 unspecified atom stereocenters. The third-order valence-corrected chi connectivity index (χ3v) is 15.6. The highest BCUT2D eigenvalue weighted by Gasteiger charge is 2.54. The number of allylic oxidation sites excluding steroid dienone is 12. The van der Waals surface area contributed by atoms with Gasteiger partial charge in [0.1, 0.15) is 49.5 Å². The molecule has 0 bridgehead atoms. The van der Waals surface area contributed by atoms with Crippen LogP contribution in [0.15, 0.2) is 130 Å². The molecule has 10 nitrogen and oxygen atoms in total. The molecular formula is C56H52N8O2+2. The predicted molar refractivity (Wildman–Crippen MR) is 256 cm³/mol. The van der Waals surface area contributed by atoms with E-state index in [9.17, 15) is 30.6 Å². The first-order chi connectivity index (χ1) is 31.1. The first-order valence-corrected chi connectivity index (χ1v) is 22.2. The van der Waals surface area contributed by atoms with E-state index in [1.807, 2.05) is 76.8 Å². The summed E-state index contributed by atoms with van der Waals surface area (Å²) < 4.78 is 4.18. The number of carbonyl (C=O) groups excluding carboxylic acids is 2. The summed E-state index contributed by atoms with van der Waals surface area (Å²) in [4.78, 5) is 32.9. The van der Waals surface area contributed by atoms with Gasteiger partial charge in [-0.2, -0.15) is 30.2 Å². The number of para-hydroxylation sites is 2. The van der Waals surface area contributed by atoms with Crippen LogP contribution in [-0.4, -0.2) is 60.3 Å². The Morgan fingerprint density at radius 3 is 1.20 bits per heavy atom. The Morgan fingerprint density at radius 2 is 0.879 bits per heavy atom. The fourth-order valence-electron chi connectivity index (χ4n) is 11.8. The van der Waals surface area contributed by atoms with E-state index in [4.69, 9.17) is 0 Å². The first-order valence-electron chi connectivity index (χ1n) is 22.2. The van der Waals surface area contributed by atoms with E-state index in [0.717, 1.165) is 67.8 Å². The van der Waals surface area contributed by atoms with Crippen LogP contribution in [0, 0.1) is 57.2 Å². The van der Waals surface area contributed by atoms with E-state index in [2.05, 4.69) is 135 Å². The summed E-state index contributed by atoms with van der Waals surface area (Å²) >= 11 is 0. The average Bonchev–Trinajstić information content (AvgIpc) is 3.78. The Kier molecular flexibility index (Phi) is 9.52. The Hall–Kier alpha value is -7.66. The Labute approximate surface area is 387 Å². The van der Waals surface area contributed by atoms with Crippen molar-refractivity contribution in [3.05, 3.63) is 152 Å². The SMILES string of the molecule is CN1/C(=C\C2C(=O)/C(=C\C3=[N+](C)c4cc5c(cc4C3(C)C)[N+](C)=C(/C=C3\C(=O)C(/C=C4\N(C)c6ccccc6C4(C)C)C3=C(C#N)C#N)C5(C)C)C2=C(C#N)C#N)C(C)(C)c2ccccc21. The minimum Gasteiger partial charge on any atom is -0.347 e. The van der Waals surface area contributed by atoms with E-state index in [1.165, 1.54) is 0 Å². The van der Waals surface area contributed by atoms with Crippen molar-refractivity contribution in [1.29, 1.82) is 21.0 Å². The lowest BCUT2D eigenvalue weighted by molar-refractivity contribution is -0.404. The second-order valence-corrected chi connectivity index (χ2v) is 20.4. The van der Waals surface area contributed by atoms with E-state index >= 15 is 0 Å². The Bertz CT molecular complexity index is 3040. The minimum atomic E-state index is -0.744. The number of carbonyl (C=O) groups is 2. The van der Waals surface area contributed by atoms with E-state index in [1.54, 1.807) is 0 Å². The van der Waals surface area contributed by atoms with Crippen LogP contribution in [0.2, 0.25) is 0 Å². The maximum Gasteiger partial charge on any atom is 0.210 e. The van der Waals surface area contributed by atoms with Gasteiger partial charge in [-0.25, -0.2) is 0 Å². The van der Waals surface area contributed by atoms with Gasteiger partial charge in [-0.05, 0) is 63.1 Å². The first kappa shape index (κ1) is 43.6. The van der Waals surface area contributed by atoms with Crippen molar-refractivity contribution in [2.45, 2.75) is 77.0 Å². The van der Waals surface area contributed by atoms with Crippen LogP contribution < -0.4 is 9.80 Å². The highest BCUT2D eigenvalue weighted by atomic mass is 16.1. The molecule has 10 heteroatoms. The van der Waals surface area contributed by atoms with Gasteiger partial charge in [0, 0.05) is 105 Å². The van der Waals surface area contributed by atoms with Crippen molar-refractivity contribution in [3.63, 3.8) is 0 Å². The van der Waals surface area contributed by atoms with Gasteiger partial charge in [0.25, 0.3) is 0 Å². The molecule has 3 aromatic carbocycles. The third kappa shape index (κ3) is 5.68. The molecule has 66 heavy (non-hydrogen) atoms. The summed E-state index contributed by atoms with van der Waals surface area (Å²) in [7, 11) is 7.93. The molecule has 326 valence electrons. The zero-order valence-corrected chi connectivity index (χ0v) is 39.6. The lowest BCUT2D eigenvalue weighted by atomic mass is 9.67. The number of likely N-dealkylation sites (N-methyl/N-ethyl adjacent to an activating group) is 2. The molecule has 4 aliphatic heterocycles. The van der Waals surface area contributed by atoms with Crippen molar-refractivity contribution in [2.75, 3.05) is 38.0 Å². The van der Waals surface area contributed by atoms with E-state index < -0.39 is 33.5 Å². The van der Waals surface area contributed by atoms with Gasteiger partial charge in [0.2, 0.25) is 11.4 Å². The molecule has 0 N–H and O–H groups in total. The maximum absolute atomic E-state index is 14.3. The summed E-state index contributed by atoms with van der Waals surface area (Å²) in [6.45, 7) is 17.0. The van der Waals surface area contributed by atoms with Gasteiger partial charge in [-0.15, -0.1) is 0 Å². The fourth-order valence-corrected chi connectivity index (χ4v) is 11.8. The van der Waals surface area contributed by atoms with Crippen molar-refractivity contribution < 1.29 is 18.7 Å². The van der Waals surface area contributed by atoms with Gasteiger partial charge in [-0.3, -0.25) is 9.59 Å². The number of benzene rings is 3. The molecule has 0 aromatic heterocycles. The lowest BCUT2D eigenvalue weighted by Gasteiger charge is -2.33. The number of hydrogen-bond donors (Lipinski definition) is 0. The Balaban J connectivity index is 1.08. The zero-order valence-electron chi connectivity index (χ0n) is 39.6. The van der Waals surface area contributed by atoms with Crippen molar-refractivity contribution >= 4 is 45.7 Å². The monoisotopic (exact) mass is 868 g/mol. The Morgan fingerprint density at radius 1 is 0.545 bits per heavy atom.